The molecule has 0 N–H and O–H groups in total. The van der Waals surface area contributed by atoms with Gasteiger partial charge in [0.1, 0.15) is 12.1 Å². The highest BCUT2D eigenvalue weighted by molar-refractivity contribution is 5.77. The number of ketones is 1. The molecule has 1 aliphatic rings. The van der Waals surface area contributed by atoms with Crippen LogP contribution in [0.2, 0.25) is 0 Å². The van der Waals surface area contributed by atoms with E-state index in [0.717, 1.165) is 6.29 Å². The summed E-state index contributed by atoms with van der Waals surface area (Å²) in [6, 6.07) is 0. The number of carbonyl (C=O) groups is 2. The number of rotatable bonds is 3. The first-order chi connectivity index (χ1) is 5.00. The summed E-state index contributed by atoms with van der Waals surface area (Å²) in [4.78, 5) is 21.2. The van der Waals surface area contributed by atoms with Crippen LogP contribution in [0.3, 0.4) is 0 Å². The van der Waals surface area contributed by atoms with Gasteiger partial charge in [0.15, 0.2) is 0 Å². The molecule has 0 aromatic heterocycles. The zero-order chi connectivity index (χ0) is 8.65. The number of carbonyl (C=O) groups excluding carboxylic acids is 2. The Balaban J connectivity index is 2.52. The van der Waals surface area contributed by atoms with Gasteiger partial charge in [0.2, 0.25) is 0 Å². The average Bonchev–Trinajstić information content (AvgIpc) is 2.33. The second-order valence-corrected chi connectivity index (χ2v) is 4.00. The lowest BCUT2D eigenvalue weighted by molar-refractivity contribution is -0.117. The van der Waals surface area contributed by atoms with Gasteiger partial charge in [0.05, 0.1) is 0 Å². The molecule has 0 radical (unpaired) electrons. The van der Waals surface area contributed by atoms with Crippen LogP contribution in [-0.4, -0.2) is 12.1 Å². The van der Waals surface area contributed by atoms with Crippen LogP contribution in [0.25, 0.3) is 0 Å². The van der Waals surface area contributed by atoms with E-state index in [0.29, 0.717) is 12.3 Å². The third-order valence-corrected chi connectivity index (χ3v) is 2.79. The highest BCUT2D eigenvalue weighted by Gasteiger charge is 2.57. The van der Waals surface area contributed by atoms with Crippen LogP contribution in [0.15, 0.2) is 0 Å². The van der Waals surface area contributed by atoms with Gasteiger partial charge in [-0.05, 0) is 18.3 Å². The molecular weight excluding hydrogens is 140 g/mol. The predicted molar refractivity (Wildman–Crippen MR) is 42.1 cm³/mol. The summed E-state index contributed by atoms with van der Waals surface area (Å²) in [5.41, 5.74) is 0.0768. The monoisotopic (exact) mass is 154 g/mol. The molecule has 0 unspecified atom stereocenters. The molecule has 0 aliphatic heterocycles. The van der Waals surface area contributed by atoms with Gasteiger partial charge in [-0.3, -0.25) is 0 Å². The summed E-state index contributed by atoms with van der Waals surface area (Å²) in [6.45, 7) is 5.66. The molecule has 1 saturated carbocycles. The van der Waals surface area contributed by atoms with Crippen LogP contribution in [0.4, 0.5) is 0 Å². The molecule has 2 heteroatoms. The van der Waals surface area contributed by atoms with Gasteiger partial charge in [-0.2, -0.15) is 0 Å². The van der Waals surface area contributed by atoms with Crippen LogP contribution in [0.5, 0.6) is 0 Å². The van der Waals surface area contributed by atoms with Crippen molar-refractivity contribution in [2.24, 2.45) is 17.3 Å². The van der Waals surface area contributed by atoms with E-state index in [-0.39, 0.29) is 17.1 Å². The van der Waals surface area contributed by atoms with Crippen LogP contribution in [0, 0.1) is 17.3 Å². The number of Topliss-reactive ketones (excluding diaryl/α,β-unsaturated/α-hetero) is 1. The maximum absolute atomic E-state index is 10.7. The molecule has 62 valence electrons. The first kappa shape index (κ1) is 8.44. The lowest BCUT2D eigenvalue weighted by Gasteiger charge is -1.97. The Labute approximate surface area is 67.0 Å². The van der Waals surface area contributed by atoms with E-state index in [1.54, 1.807) is 6.92 Å². The predicted octanol–water partition coefficient (Wildman–Crippen LogP) is 1.44. The van der Waals surface area contributed by atoms with Crippen molar-refractivity contribution < 1.29 is 9.59 Å². The topological polar surface area (TPSA) is 34.1 Å². The summed E-state index contributed by atoms with van der Waals surface area (Å²) in [7, 11) is 0. The van der Waals surface area contributed by atoms with Crippen molar-refractivity contribution in [1.29, 1.82) is 0 Å². The van der Waals surface area contributed by atoms with Crippen molar-refractivity contribution in [3.8, 4) is 0 Å². The Morgan fingerprint density at radius 2 is 2.09 bits per heavy atom. The van der Waals surface area contributed by atoms with Gasteiger partial charge in [-0.15, -0.1) is 0 Å². The van der Waals surface area contributed by atoms with E-state index in [9.17, 15) is 9.59 Å². The van der Waals surface area contributed by atoms with E-state index in [4.69, 9.17) is 0 Å². The largest absolute Gasteiger partial charge is 0.303 e. The van der Waals surface area contributed by atoms with E-state index < -0.39 is 0 Å². The molecule has 0 bridgehead atoms. The minimum Gasteiger partial charge on any atom is -0.303 e. The highest BCUT2D eigenvalue weighted by Crippen LogP contribution is 2.58. The molecule has 11 heavy (non-hydrogen) atoms. The van der Waals surface area contributed by atoms with Crippen molar-refractivity contribution in [1.82, 2.24) is 0 Å². The molecule has 0 aromatic carbocycles. The van der Waals surface area contributed by atoms with E-state index in [1.807, 2.05) is 13.8 Å². The normalized spacial score (nSPS) is 33.0. The van der Waals surface area contributed by atoms with Crippen molar-refractivity contribution >= 4 is 12.1 Å². The van der Waals surface area contributed by atoms with Crippen molar-refractivity contribution in [2.45, 2.75) is 27.2 Å². The Kier molecular flexibility index (Phi) is 1.87. The third-order valence-electron chi connectivity index (χ3n) is 2.79. The van der Waals surface area contributed by atoms with Gasteiger partial charge in [-0.1, -0.05) is 13.8 Å². The van der Waals surface area contributed by atoms with Crippen LogP contribution in [-0.2, 0) is 9.59 Å². The van der Waals surface area contributed by atoms with Crippen molar-refractivity contribution in [3.05, 3.63) is 0 Å². The molecule has 0 saturated heterocycles. The smallest absolute Gasteiger partial charge is 0.130 e. The summed E-state index contributed by atoms with van der Waals surface area (Å²) < 4.78 is 0. The van der Waals surface area contributed by atoms with Crippen molar-refractivity contribution in [3.63, 3.8) is 0 Å². The summed E-state index contributed by atoms with van der Waals surface area (Å²) in [6.07, 6.45) is 1.55. The Hall–Kier alpha value is -0.660. The molecule has 0 aromatic rings. The molecule has 0 heterocycles. The minimum absolute atomic E-state index is 0.0768. The Morgan fingerprint density at radius 1 is 1.55 bits per heavy atom. The van der Waals surface area contributed by atoms with E-state index >= 15 is 0 Å². The molecular formula is C9H14O2. The van der Waals surface area contributed by atoms with Gasteiger partial charge < -0.3 is 9.59 Å². The first-order valence-electron chi connectivity index (χ1n) is 3.95. The van der Waals surface area contributed by atoms with Crippen LogP contribution in [0.1, 0.15) is 27.2 Å². The van der Waals surface area contributed by atoms with Gasteiger partial charge >= 0.3 is 0 Å². The zero-order valence-corrected chi connectivity index (χ0v) is 7.26. The number of hydrogen-bond donors (Lipinski definition) is 0. The quantitative estimate of drug-likeness (QED) is 0.576. The third kappa shape index (κ3) is 1.35. The maximum Gasteiger partial charge on any atom is 0.130 e. The van der Waals surface area contributed by atoms with Gasteiger partial charge in [0, 0.05) is 12.3 Å². The standard InChI is InChI=1S/C9H14O2/c1-6(11)4-7-8(5-10)9(7,2)3/h5,7-8H,4H2,1-3H3/t7-,8+/m0/s1. The summed E-state index contributed by atoms with van der Waals surface area (Å²) >= 11 is 0. The van der Waals surface area contributed by atoms with E-state index in [2.05, 4.69) is 0 Å². The van der Waals surface area contributed by atoms with Crippen LogP contribution < -0.4 is 0 Å². The second kappa shape index (κ2) is 2.43. The second-order valence-electron chi connectivity index (χ2n) is 4.00. The zero-order valence-electron chi connectivity index (χ0n) is 7.26. The van der Waals surface area contributed by atoms with Gasteiger partial charge in [-0.25, -0.2) is 0 Å². The Morgan fingerprint density at radius 3 is 2.36 bits per heavy atom. The highest BCUT2D eigenvalue weighted by atomic mass is 16.1. The lowest BCUT2D eigenvalue weighted by Crippen LogP contribution is -1.96. The summed E-state index contributed by atoms with van der Waals surface area (Å²) in [5, 5.41) is 0. The first-order valence-corrected chi connectivity index (χ1v) is 3.95. The van der Waals surface area contributed by atoms with Crippen LogP contribution >= 0.6 is 0 Å². The molecule has 2 nitrogen and oxygen atoms in total. The van der Waals surface area contributed by atoms with Crippen molar-refractivity contribution in [2.75, 3.05) is 0 Å². The molecule has 1 fully saturated rings. The lowest BCUT2D eigenvalue weighted by atomic mass is 10.1. The summed E-state index contributed by atoms with van der Waals surface area (Å²) in [5.74, 6) is 0.608. The van der Waals surface area contributed by atoms with Gasteiger partial charge in [0.25, 0.3) is 0 Å². The Bertz CT molecular complexity index is 194. The molecule has 0 amide bonds. The fraction of sp³-hybridized carbons (Fsp3) is 0.778. The molecule has 1 rings (SSSR count). The maximum atomic E-state index is 10.7. The fourth-order valence-electron chi connectivity index (χ4n) is 1.76. The number of hydrogen-bond acceptors (Lipinski definition) is 2. The minimum atomic E-state index is 0.0768. The fourth-order valence-corrected chi connectivity index (χ4v) is 1.76. The number of aldehydes is 1. The molecule has 2 atom stereocenters. The average molecular weight is 154 g/mol. The molecule has 1 aliphatic carbocycles. The molecule has 0 spiro atoms. The van der Waals surface area contributed by atoms with E-state index in [1.165, 1.54) is 0 Å². The SMILES string of the molecule is CC(=O)C[C@H]1[C@@H](C=O)C1(C)C.